The number of aromatic nitrogens is 1. The topological polar surface area (TPSA) is 65.1 Å². The summed E-state index contributed by atoms with van der Waals surface area (Å²) in [6.45, 7) is 4.10. The van der Waals surface area contributed by atoms with Crippen molar-refractivity contribution in [3.63, 3.8) is 0 Å². The molecule has 5 heteroatoms. The summed E-state index contributed by atoms with van der Waals surface area (Å²) in [6.07, 6.45) is 0. The number of hydrogen-bond acceptors (Lipinski definition) is 2. The molecule has 0 saturated carbocycles. The van der Waals surface area contributed by atoms with E-state index in [2.05, 4.69) is 35.8 Å². The molecule has 3 rings (SSSR count). The SMILES string of the molecule is Cc1ccccc1-c1ccc(C)n1-c1ccc(S(N)(=O)=O)cc1. The molecule has 0 unspecified atom stereocenters. The molecule has 0 spiro atoms. The Labute approximate surface area is 136 Å². The van der Waals surface area contributed by atoms with E-state index in [0.717, 1.165) is 22.6 Å². The van der Waals surface area contributed by atoms with Crippen molar-refractivity contribution >= 4 is 10.0 Å². The highest BCUT2D eigenvalue weighted by molar-refractivity contribution is 7.89. The molecule has 0 fully saturated rings. The maximum absolute atomic E-state index is 11.4. The minimum atomic E-state index is -3.68. The van der Waals surface area contributed by atoms with Crippen molar-refractivity contribution in [1.29, 1.82) is 0 Å². The Bertz CT molecular complexity index is 955. The van der Waals surface area contributed by atoms with Crippen molar-refractivity contribution in [2.75, 3.05) is 0 Å². The van der Waals surface area contributed by atoms with Gasteiger partial charge >= 0.3 is 0 Å². The van der Waals surface area contributed by atoms with Gasteiger partial charge in [0.1, 0.15) is 0 Å². The summed E-state index contributed by atoms with van der Waals surface area (Å²) in [4.78, 5) is 0.114. The highest BCUT2D eigenvalue weighted by Gasteiger charge is 2.12. The van der Waals surface area contributed by atoms with E-state index in [1.165, 1.54) is 17.7 Å². The van der Waals surface area contributed by atoms with Gasteiger partial charge in [0.25, 0.3) is 0 Å². The normalized spacial score (nSPS) is 11.6. The Morgan fingerprint density at radius 2 is 1.52 bits per heavy atom. The third-order valence-corrected chi connectivity index (χ3v) is 4.85. The lowest BCUT2D eigenvalue weighted by Gasteiger charge is -2.14. The zero-order chi connectivity index (χ0) is 16.6. The second-order valence-corrected chi connectivity index (χ2v) is 7.11. The molecule has 2 N–H and O–H groups in total. The quantitative estimate of drug-likeness (QED) is 0.801. The van der Waals surface area contributed by atoms with E-state index in [1.54, 1.807) is 12.1 Å². The lowest BCUT2D eigenvalue weighted by atomic mass is 10.1. The number of nitrogens with zero attached hydrogens (tertiary/aromatic N) is 1. The number of primary sulfonamides is 1. The van der Waals surface area contributed by atoms with Gasteiger partial charge in [-0.05, 0) is 55.8 Å². The monoisotopic (exact) mass is 326 g/mol. The van der Waals surface area contributed by atoms with Gasteiger partial charge in [0, 0.05) is 16.9 Å². The molecular formula is C18H18N2O2S. The van der Waals surface area contributed by atoms with E-state index in [0.29, 0.717) is 0 Å². The van der Waals surface area contributed by atoms with Gasteiger partial charge in [-0.3, -0.25) is 0 Å². The average molecular weight is 326 g/mol. The molecule has 0 aliphatic carbocycles. The number of rotatable bonds is 3. The zero-order valence-corrected chi connectivity index (χ0v) is 13.8. The first-order chi connectivity index (χ1) is 10.9. The minimum absolute atomic E-state index is 0.114. The van der Waals surface area contributed by atoms with Crippen LogP contribution in [0, 0.1) is 13.8 Å². The number of benzene rings is 2. The third kappa shape index (κ3) is 2.93. The summed E-state index contributed by atoms with van der Waals surface area (Å²) >= 11 is 0. The van der Waals surface area contributed by atoms with E-state index < -0.39 is 10.0 Å². The molecule has 0 radical (unpaired) electrons. The smallest absolute Gasteiger partial charge is 0.238 e. The molecule has 23 heavy (non-hydrogen) atoms. The summed E-state index contributed by atoms with van der Waals surface area (Å²) in [5.41, 5.74) is 5.39. The van der Waals surface area contributed by atoms with Gasteiger partial charge < -0.3 is 4.57 Å². The maximum atomic E-state index is 11.4. The van der Waals surface area contributed by atoms with Crippen molar-refractivity contribution < 1.29 is 8.42 Å². The van der Waals surface area contributed by atoms with Gasteiger partial charge in [0.15, 0.2) is 0 Å². The van der Waals surface area contributed by atoms with Crippen LogP contribution in [-0.4, -0.2) is 13.0 Å². The third-order valence-electron chi connectivity index (χ3n) is 3.92. The number of sulfonamides is 1. The van der Waals surface area contributed by atoms with Crippen LogP contribution in [0.25, 0.3) is 16.9 Å². The minimum Gasteiger partial charge on any atom is -0.314 e. The molecule has 0 saturated heterocycles. The predicted molar refractivity (Wildman–Crippen MR) is 92.1 cm³/mol. The highest BCUT2D eigenvalue weighted by atomic mass is 32.2. The molecule has 1 heterocycles. The molecule has 4 nitrogen and oxygen atoms in total. The first kappa shape index (κ1) is 15.5. The molecule has 118 valence electrons. The van der Waals surface area contributed by atoms with Gasteiger partial charge in [-0.25, -0.2) is 13.6 Å². The van der Waals surface area contributed by atoms with Gasteiger partial charge in [-0.1, -0.05) is 24.3 Å². The summed E-state index contributed by atoms with van der Waals surface area (Å²) in [7, 11) is -3.68. The largest absolute Gasteiger partial charge is 0.314 e. The fourth-order valence-electron chi connectivity index (χ4n) is 2.74. The Morgan fingerprint density at radius 1 is 0.870 bits per heavy atom. The molecule has 0 aliphatic heterocycles. The van der Waals surface area contributed by atoms with Gasteiger partial charge in [-0.2, -0.15) is 0 Å². The lowest BCUT2D eigenvalue weighted by molar-refractivity contribution is 0.598. The van der Waals surface area contributed by atoms with E-state index in [9.17, 15) is 8.42 Å². The Morgan fingerprint density at radius 3 is 2.13 bits per heavy atom. The standard InChI is InChI=1S/C18H18N2O2S/c1-13-5-3-4-6-17(13)18-12-7-14(2)20(18)15-8-10-16(11-9-15)23(19,21)22/h3-12H,1-2H3,(H2,19,21,22). The Balaban J connectivity index is 2.15. The fraction of sp³-hybridized carbons (Fsp3) is 0.111. The Hall–Kier alpha value is -2.37. The van der Waals surface area contributed by atoms with Gasteiger partial charge in [-0.15, -0.1) is 0 Å². The lowest BCUT2D eigenvalue weighted by Crippen LogP contribution is -2.12. The van der Waals surface area contributed by atoms with Crippen LogP contribution in [-0.2, 0) is 10.0 Å². The van der Waals surface area contributed by atoms with Crippen molar-refractivity contribution in [3.8, 4) is 16.9 Å². The van der Waals surface area contributed by atoms with E-state index >= 15 is 0 Å². The Kier molecular flexibility index (Phi) is 3.83. The molecule has 0 bridgehead atoms. The average Bonchev–Trinajstić information content (AvgIpc) is 2.88. The van der Waals surface area contributed by atoms with E-state index in [1.807, 2.05) is 19.1 Å². The maximum Gasteiger partial charge on any atom is 0.238 e. The second-order valence-electron chi connectivity index (χ2n) is 5.55. The van der Waals surface area contributed by atoms with E-state index in [-0.39, 0.29) is 4.90 Å². The summed E-state index contributed by atoms with van der Waals surface area (Å²) in [6, 6.07) is 18.9. The molecule has 1 aromatic heterocycles. The van der Waals surface area contributed by atoms with Crippen LogP contribution in [0.5, 0.6) is 0 Å². The van der Waals surface area contributed by atoms with Gasteiger partial charge in [0.05, 0.1) is 10.6 Å². The van der Waals surface area contributed by atoms with Crippen LogP contribution < -0.4 is 5.14 Å². The van der Waals surface area contributed by atoms with Crippen molar-refractivity contribution in [1.82, 2.24) is 4.57 Å². The van der Waals surface area contributed by atoms with Crippen molar-refractivity contribution in [2.45, 2.75) is 18.7 Å². The first-order valence-electron chi connectivity index (χ1n) is 7.25. The number of nitrogens with two attached hydrogens (primary N) is 1. The van der Waals surface area contributed by atoms with Crippen molar-refractivity contribution in [3.05, 3.63) is 71.9 Å². The molecule has 0 amide bonds. The molecule has 0 atom stereocenters. The number of aryl methyl sites for hydroxylation is 2. The van der Waals surface area contributed by atoms with Crippen LogP contribution in [0.3, 0.4) is 0 Å². The molecule has 3 aromatic rings. The molecule has 0 aliphatic rings. The summed E-state index contributed by atoms with van der Waals surface area (Å²) in [5.74, 6) is 0. The van der Waals surface area contributed by atoms with Crippen molar-refractivity contribution in [2.24, 2.45) is 5.14 Å². The van der Waals surface area contributed by atoms with Crippen LogP contribution in [0.2, 0.25) is 0 Å². The highest BCUT2D eigenvalue weighted by Crippen LogP contribution is 2.29. The number of hydrogen-bond donors (Lipinski definition) is 1. The molecule has 2 aromatic carbocycles. The predicted octanol–water partition coefficient (Wildman–Crippen LogP) is 3.41. The molecular weight excluding hydrogens is 308 g/mol. The van der Waals surface area contributed by atoms with E-state index in [4.69, 9.17) is 5.14 Å². The van der Waals surface area contributed by atoms with Crippen LogP contribution in [0.4, 0.5) is 0 Å². The summed E-state index contributed by atoms with van der Waals surface area (Å²) < 4.78 is 24.9. The van der Waals surface area contributed by atoms with Crippen LogP contribution in [0.1, 0.15) is 11.3 Å². The summed E-state index contributed by atoms with van der Waals surface area (Å²) in [5, 5.41) is 5.16. The first-order valence-corrected chi connectivity index (χ1v) is 8.80. The van der Waals surface area contributed by atoms with Crippen LogP contribution in [0.15, 0.2) is 65.6 Å². The van der Waals surface area contributed by atoms with Crippen LogP contribution >= 0.6 is 0 Å². The fourth-order valence-corrected chi connectivity index (χ4v) is 3.25. The zero-order valence-electron chi connectivity index (χ0n) is 13.0. The van der Waals surface area contributed by atoms with Gasteiger partial charge in [0.2, 0.25) is 10.0 Å². The second kappa shape index (κ2) is 5.68.